The number of carbonyl (C=O) groups is 1. The Bertz CT molecular complexity index is 656. The molecule has 0 bridgehead atoms. The summed E-state index contributed by atoms with van der Waals surface area (Å²) in [5.41, 5.74) is -0.321. The van der Waals surface area contributed by atoms with Gasteiger partial charge in [0, 0.05) is 0 Å². The molecule has 0 aromatic rings. The fourth-order valence-electron chi connectivity index (χ4n) is 6.94. The third kappa shape index (κ3) is 1.77. The number of ether oxygens (including phenoxy) is 3. The Hall–Kier alpha value is -0.910. The molecule has 2 aliphatic carbocycles. The van der Waals surface area contributed by atoms with Crippen LogP contribution in [0.1, 0.15) is 47.0 Å². The van der Waals surface area contributed by atoms with E-state index in [-0.39, 0.29) is 34.6 Å². The van der Waals surface area contributed by atoms with Crippen LogP contribution in [0.3, 0.4) is 0 Å². The van der Waals surface area contributed by atoms with Gasteiger partial charge in [-0.25, -0.2) is 4.79 Å². The topological polar surface area (TPSA) is 65.0 Å². The predicted octanol–water partition coefficient (Wildman–Crippen LogP) is 2.63. The zero-order valence-electron chi connectivity index (χ0n) is 15.4. The zero-order valence-corrected chi connectivity index (χ0v) is 15.4. The number of carbonyl (C=O) groups excluding carboxylic acids is 1. The second kappa shape index (κ2) is 4.68. The maximum absolute atomic E-state index is 12.2. The van der Waals surface area contributed by atoms with Crippen molar-refractivity contribution in [2.24, 2.45) is 34.5 Å². The van der Waals surface area contributed by atoms with Crippen LogP contribution in [0.15, 0.2) is 12.2 Å². The van der Waals surface area contributed by atoms with Crippen molar-refractivity contribution in [3.63, 3.8) is 0 Å². The summed E-state index contributed by atoms with van der Waals surface area (Å²) in [6.07, 6.45) is 5.82. The highest BCUT2D eigenvalue weighted by Crippen LogP contribution is 2.66. The normalized spacial score (nSPS) is 58.3. The molecule has 0 radical (unpaired) electrons. The van der Waals surface area contributed by atoms with Gasteiger partial charge in [-0.2, -0.15) is 0 Å². The van der Waals surface area contributed by atoms with Crippen molar-refractivity contribution in [3.8, 4) is 0 Å². The van der Waals surface area contributed by atoms with Crippen LogP contribution in [0.5, 0.6) is 0 Å². The first-order chi connectivity index (χ1) is 11.7. The van der Waals surface area contributed by atoms with Crippen molar-refractivity contribution >= 4 is 5.97 Å². The Kier molecular flexibility index (Phi) is 3.04. The Labute approximate surface area is 148 Å². The molecular weight excluding hydrogens is 320 g/mol. The van der Waals surface area contributed by atoms with Gasteiger partial charge in [0.2, 0.25) is 6.29 Å². The maximum Gasteiger partial charge on any atom is 0.338 e. The van der Waals surface area contributed by atoms with Gasteiger partial charge in [-0.1, -0.05) is 46.3 Å². The number of esters is 1. The summed E-state index contributed by atoms with van der Waals surface area (Å²) in [5, 5.41) is 10.6. The van der Waals surface area contributed by atoms with E-state index < -0.39 is 24.3 Å². The third-order valence-electron chi connectivity index (χ3n) is 8.28. The van der Waals surface area contributed by atoms with Crippen LogP contribution >= 0.6 is 0 Å². The van der Waals surface area contributed by atoms with E-state index in [2.05, 4.69) is 39.8 Å². The molecule has 1 saturated carbocycles. The SMILES string of the molecule is C[C@@H]1[C@@]2(C)CCCC(C)(C)[C@@H]2C=C[C@@]12O[C@H]1C(=O)O[C@H]3O[C@H](O)[C@@H]2[C@H]31. The molecule has 0 aromatic carbocycles. The van der Waals surface area contributed by atoms with Gasteiger partial charge in [0.15, 0.2) is 12.4 Å². The van der Waals surface area contributed by atoms with Crippen molar-refractivity contribution < 1.29 is 24.1 Å². The molecule has 3 saturated heterocycles. The molecule has 4 fully saturated rings. The molecule has 0 aromatic heterocycles. The number of rotatable bonds is 0. The van der Waals surface area contributed by atoms with Crippen LogP contribution in [0.4, 0.5) is 0 Å². The number of fused-ring (bicyclic) bond motifs is 2. The van der Waals surface area contributed by atoms with Crippen LogP contribution in [0.2, 0.25) is 0 Å². The van der Waals surface area contributed by atoms with E-state index in [0.29, 0.717) is 5.92 Å². The van der Waals surface area contributed by atoms with Crippen molar-refractivity contribution in [1.29, 1.82) is 0 Å². The Balaban J connectivity index is 1.62. The summed E-state index contributed by atoms with van der Waals surface area (Å²) in [5.74, 6) is -0.134. The minimum absolute atomic E-state index is 0.0802. The van der Waals surface area contributed by atoms with Crippen molar-refractivity contribution in [3.05, 3.63) is 12.2 Å². The number of hydrogen-bond acceptors (Lipinski definition) is 5. The van der Waals surface area contributed by atoms with E-state index in [9.17, 15) is 9.90 Å². The highest BCUT2D eigenvalue weighted by atomic mass is 16.8. The summed E-state index contributed by atoms with van der Waals surface area (Å²) >= 11 is 0. The van der Waals surface area contributed by atoms with Crippen LogP contribution in [0.25, 0.3) is 0 Å². The van der Waals surface area contributed by atoms with Gasteiger partial charge in [0.05, 0.1) is 17.4 Å². The second-order valence-corrected chi connectivity index (χ2v) is 9.73. The van der Waals surface area contributed by atoms with Crippen molar-refractivity contribution in [2.45, 2.75) is 71.2 Å². The van der Waals surface area contributed by atoms with Gasteiger partial charge < -0.3 is 19.3 Å². The molecular formula is C20H28O5. The Morgan fingerprint density at radius 1 is 1.24 bits per heavy atom. The van der Waals surface area contributed by atoms with Gasteiger partial charge in [-0.3, -0.25) is 0 Å². The summed E-state index contributed by atoms with van der Waals surface area (Å²) in [7, 11) is 0. The van der Waals surface area contributed by atoms with E-state index in [1.165, 1.54) is 12.8 Å². The smallest absolute Gasteiger partial charge is 0.338 e. The first-order valence-corrected chi connectivity index (χ1v) is 9.62. The molecule has 138 valence electrons. The Morgan fingerprint density at radius 2 is 2.00 bits per heavy atom. The minimum Gasteiger partial charge on any atom is -0.433 e. The predicted molar refractivity (Wildman–Crippen MR) is 89.1 cm³/mol. The average molecular weight is 348 g/mol. The molecule has 1 N–H and O–H groups in total. The fraction of sp³-hybridized carbons (Fsp3) is 0.850. The molecule has 0 unspecified atom stereocenters. The van der Waals surface area contributed by atoms with Gasteiger partial charge in [0.1, 0.15) is 0 Å². The van der Waals surface area contributed by atoms with Gasteiger partial charge in [-0.05, 0) is 35.5 Å². The van der Waals surface area contributed by atoms with Crippen LogP contribution in [0, 0.1) is 34.5 Å². The van der Waals surface area contributed by atoms with E-state index in [4.69, 9.17) is 14.2 Å². The number of aliphatic hydroxyl groups is 1. The molecule has 5 rings (SSSR count). The minimum atomic E-state index is -0.947. The number of hydrogen-bond donors (Lipinski definition) is 1. The molecule has 9 atom stereocenters. The lowest BCUT2D eigenvalue weighted by Crippen LogP contribution is -2.58. The Morgan fingerprint density at radius 3 is 2.76 bits per heavy atom. The molecule has 5 aliphatic rings. The first kappa shape index (κ1) is 16.3. The van der Waals surface area contributed by atoms with Gasteiger partial charge >= 0.3 is 5.97 Å². The summed E-state index contributed by atoms with van der Waals surface area (Å²) in [6.45, 7) is 9.32. The highest BCUT2D eigenvalue weighted by molar-refractivity contribution is 5.78. The van der Waals surface area contributed by atoms with Crippen LogP contribution in [-0.2, 0) is 19.0 Å². The molecule has 25 heavy (non-hydrogen) atoms. The second-order valence-electron chi connectivity index (χ2n) is 9.73. The summed E-state index contributed by atoms with van der Waals surface area (Å²) in [4.78, 5) is 12.2. The molecule has 0 amide bonds. The quantitative estimate of drug-likeness (QED) is 0.538. The van der Waals surface area contributed by atoms with E-state index in [0.717, 1.165) is 6.42 Å². The van der Waals surface area contributed by atoms with Gasteiger partial charge in [-0.15, -0.1) is 0 Å². The molecule has 5 nitrogen and oxygen atoms in total. The third-order valence-corrected chi connectivity index (χ3v) is 8.28. The maximum atomic E-state index is 12.2. The van der Waals surface area contributed by atoms with E-state index in [1.807, 2.05) is 0 Å². The lowest BCUT2D eigenvalue weighted by molar-refractivity contribution is -0.201. The van der Waals surface area contributed by atoms with Gasteiger partial charge in [0.25, 0.3) is 0 Å². The highest BCUT2D eigenvalue weighted by Gasteiger charge is 2.73. The molecule has 3 heterocycles. The fourth-order valence-corrected chi connectivity index (χ4v) is 6.94. The van der Waals surface area contributed by atoms with Crippen molar-refractivity contribution in [1.82, 2.24) is 0 Å². The van der Waals surface area contributed by atoms with Crippen LogP contribution in [-0.4, -0.2) is 35.4 Å². The molecule has 1 spiro atoms. The molecule has 5 heteroatoms. The first-order valence-electron chi connectivity index (χ1n) is 9.62. The van der Waals surface area contributed by atoms with E-state index in [1.54, 1.807) is 0 Å². The number of aliphatic hydroxyl groups excluding tert-OH is 1. The monoisotopic (exact) mass is 348 g/mol. The van der Waals surface area contributed by atoms with Crippen molar-refractivity contribution in [2.75, 3.05) is 0 Å². The number of allylic oxidation sites excluding steroid dienone is 1. The lowest BCUT2D eigenvalue weighted by Gasteiger charge is -2.59. The van der Waals surface area contributed by atoms with E-state index >= 15 is 0 Å². The standard InChI is InChI=1S/C20H28O5/c1-10-19(4)8-5-7-18(2,3)11(19)6-9-20(10)13-12-14(25-20)16(22)24-17(12)23-15(13)21/h6,9-15,17,21H,5,7-8H2,1-4H3/t10-,11+,12+,13+,14-,15+,17-,19-,20-/m1/s1. The summed E-state index contributed by atoms with van der Waals surface area (Å²) in [6, 6.07) is 0. The summed E-state index contributed by atoms with van der Waals surface area (Å²) < 4.78 is 17.3. The molecule has 3 aliphatic heterocycles. The van der Waals surface area contributed by atoms with Crippen LogP contribution < -0.4 is 0 Å². The average Bonchev–Trinajstić information content (AvgIpc) is 3.12. The zero-order chi connectivity index (χ0) is 17.8. The largest absolute Gasteiger partial charge is 0.433 e. The lowest BCUT2D eigenvalue weighted by atomic mass is 9.47.